The number of hydrogen-bond donors (Lipinski definition) is 0. The van der Waals surface area contributed by atoms with Gasteiger partial charge in [-0.05, 0) is 30.0 Å². The lowest BCUT2D eigenvalue weighted by Crippen LogP contribution is -2.18. The van der Waals surface area contributed by atoms with Gasteiger partial charge in [0.25, 0.3) is 0 Å². The first-order valence-corrected chi connectivity index (χ1v) is 7.23. The molecule has 0 aromatic heterocycles. The molecule has 20 heavy (non-hydrogen) atoms. The number of aryl methyl sites for hydroxylation is 1. The highest BCUT2D eigenvalue weighted by Crippen LogP contribution is 2.17. The fourth-order valence-corrected chi connectivity index (χ4v) is 2.52. The average Bonchev–Trinajstić information content (AvgIpc) is 2.53. The number of fused-ring (bicyclic) bond motifs is 1. The van der Waals surface area contributed by atoms with E-state index < -0.39 is 0 Å². The van der Waals surface area contributed by atoms with Gasteiger partial charge in [-0.15, -0.1) is 0 Å². The number of hydrogen-bond acceptors (Lipinski definition) is 2. The topological polar surface area (TPSA) is 21.6 Å². The molecule has 0 fully saturated rings. The van der Waals surface area contributed by atoms with Gasteiger partial charge < -0.3 is 4.74 Å². The van der Waals surface area contributed by atoms with E-state index in [1.807, 2.05) is 6.07 Å². The van der Waals surface area contributed by atoms with Gasteiger partial charge in [0, 0.05) is 18.5 Å². The molecule has 0 N–H and O–H groups in total. The molecule has 2 aromatic carbocycles. The normalized spacial score (nSPS) is 15.7. The van der Waals surface area contributed by atoms with E-state index in [1.165, 1.54) is 16.7 Å². The fraction of sp³-hybridized carbons (Fsp3) is 0.278. The van der Waals surface area contributed by atoms with E-state index in [9.17, 15) is 0 Å². The molecule has 3 rings (SSSR count). The Balaban J connectivity index is 1.60. The molecule has 1 aliphatic rings. The predicted octanol–water partition coefficient (Wildman–Crippen LogP) is 3.64. The molecule has 0 amide bonds. The summed E-state index contributed by atoms with van der Waals surface area (Å²) >= 11 is 0. The number of nitrogens with zero attached hydrogens (tertiary/aromatic N) is 1. The Labute approximate surface area is 120 Å². The second-order valence-corrected chi connectivity index (χ2v) is 5.03. The highest BCUT2D eigenvalue weighted by molar-refractivity contribution is 5.96. The van der Waals surface area contributed by atoms with Crippen molar-refractivity contribution in [3.63, 3.8) is 0 Å². The lowest BCUT2D eigenvalue weighted by molar-refractivity contribution is 0.298. The maximum atomic E-state index is 5.71. The predicted molar refractivity (Wildman–Crippen MR) is 82.3 cm³/mol. The molecule has 0 aliphatic carbocycles. The van der Waals surface area contributed by atoms with Gasteiger partial charge in [-0.2, -0.15) is 0 Å². The monoisotopic (exact) mass is 265 g/mol. The van der Waals surface area contributed by atoms with E-state index in [1.54, 1.807) is 0 Å². The van der Waals surface area contributed by atoms with Crippen LogP contribution in [-0.4, -0.2) is 19.0 Å². The average molecular weight is 265 g/mol. The molecule has 0 atom stereocenters. The van der Waals surface area contributed by atoms with Gasteiger partial charge >= 0.3 is 0 Å². The number of ether oxygens (including phenoxy) is 1. The van der Waals surface area contributed by atoms with Crippen molar-refractivity contribution in [1.29, 1.82) is 0 Å². The minimum atomic E-state index is 0.745. The molecule has 0 bridgehead atoms. The summed E-state index contributed by atoms with van der Waals surface area (Å²) in [7, 11) is 0. The van der Waals surface area contributed by atoms with Crippen LogP contribution in [0.3, 0.4) is 0 Å². The standard InChI is InChI=1S/C18H19NO/c1-2-7-15(8-3-1)9-6-13-19-18-17-11-5-4-10-16(17)12-14-20-18/h1-5,7-8,10-11H,6,9,12-14H2. The van der Waals surface area contributed by atoms with Crippen LogP contribution in [0.25, 0.3) is 0 Å². The molecule has 0 radical (unpaired) electrons. The van der Waals surface area contributed by atoms with Gasteiger partial charge in [0.05, 0.1) is 6.61 Å². The Kier molecular flexibility index (Phi) is 4.12. The van der Waals surface area contributed by atoms with E-state index in [-0.39, 0.29) is 0 Å². The van der Waals surface area contributed by atoms with Crippen molar-refractivity contribution in [2.24, 2.45) is 4.99 Å². The summed E-state index contributed by atoms with van der Waals surface area (Å²) in [6.45, 7) is 1.56. The Morgan fingerprint density at radius 3 is 2.65 bits per heavy atom. The third-order valence-electron chi connectivity index (χ3n) is 3.58. The SMILES string of the molecule is c1ccc(CCCN=C2OCCc3ccccc32)cc1. The molecule has 2 aromatic rings. The van der Waals surface area contributed by atoms with Crippen molar-refractivity contribution in [3.05, 3.63) is 71.3 Å². The molecule has 102 valence electrons. The summed E-state index contributed by atoms with van der Waals surface area (Å²) in [6.07, 6.45) is 3.11. The van der Waals surface area contributed by atoms with Crippen LogP contribution in [0.4, 0.5) is 0 Å². The van der Waals surface area contributed by atoms with Crippen molar-refractivity contribution in [3.8, 4) is 0 Å². The van der Waals surface area contributed by atoms with Gasteiger partial charge in [0.15, 0.2) is 0 Å². The quantitative estimate of drug-likeness (QED) is 0.773. The minimum Gasteiger partial charge on any atom is -0.477 e. The molecule has 0 saturated carbocycles. The first-order valence-electron chi connectivity index (χ1n) is 7.23. The van der Waals surface area contributed by atoms with E-state index in [0.717, 1.165) is 38.3 Å². The lowest BCUT2D eigenvalue weighted by Gasteiger charge is -2.18. The Bertz CT molecular complexity index is 589. The summed E-state index contributed by atoms with van der Waals surface area (Å²) in [5.74, 6) is 0.819. The zero-order chi connectivity index (χ0) is 13.6. The largest absolute Gasteiger partial charge is 0.477 e. The van der Waals surface area contributed by atoms with Crippen LogP contribution in [-0.2, 0) is 17.6 Å². The number of rotatable bonds is 4. The van der Waals surface area contributed by atoms with Crippen LogP contribution in [0.1, 0.15) is 23.1 Å². The summed E-state index contributed by atoms with van der Waals surface area (Å²) in [6, 6.07) is 18.9. The Morgan fingerprint density at radius 1 is 0.950 bits per heavy atom. The fourth-order valence-electron chi connectivity index (χ4n) is 2.52. The second kappa shape index (κ2) is 6.38. The zero-order valence-electron chi connectivity index (χ0n) is 11.6. The molecule has 2 heteroatoms. The van der Waals surface area contributed by atoms with Crippen LogP contribution in [0.15, 0.2) is 59.6 Å². The molecular weight excluding hydrogens is 246 g/mol. The summed E-state index contributed by atoms with van der Waals surface area (Å²) < 4.78 is 5.71. The van der Waals surface area contributed by atoms with Crippen LogP contribution in [0.5, 0.6) is 0 Å². The highest BCUT2D eigenvalue weighted by atomic mass is 16.5. The minimum absolute atomic E-state index is 0.745. The van der Waals surface area contributed by atoms with Crippen molar-refractivity contribution in [1.82, 2.24) is 0 Å². The third kappa shape index (κ3) is 3.08. The molecule has 1 aliphatic heterocycles. The Morgan fingerprint density at radius 2 is 1.75 bits per heavy atom. The van der Waals surface area contributed by atoms with E-state index in [2.05, 4.69) is 53.5 Å². The number of aliphatic imine (C=N–C) groups is 1. The Hall–Kier alpha value is -2.09. The smallest absolute Gasteiger partial charge is 0.216 e. The zero-order valence-corrected chi connectivity index (χ0v) is 11.6. The van der Waals surface area contributed by atoms with Crippen molar-refractivity contribution in [2.45, 2.75) is 19.3 Å². The van der Waals surface area contributed by atoms with Crippen molar-refractivity contribution in [2.75, 3.05) is 13.2 Å². The van der Waals surface area contributed by atoms with Gasteiger partial charge in [0.2, 0.25) is 5.90 Å². The van der Waals surface area contributed by atoms with Crippen molar-refractivity contribution >= 4 is 5.90 Å². The van der Waals surface area contributed by atoms with Crippen LogP contribution in [0, 0.1) is 0 Å². The molecule has 0 saturated heterocycles. The summed E-state index contributed by atoms with van der Waals surface area (Å²) in [5, 5.41) is 0. The van der Waals surface area contributed by atoms with Gasteiger partial charge in [-0.3, -0.25) is 4.99 Å². The van der Waals surface area contributed by atoms with Crippen molar-refractivity contribution < 1.29 is 4.74 Å². The third-order valence-corrected chi connectivity index (χ3v) is 3.58. The van der Waals surface area contributed by atoms with Crippen LogP contribution in [0.2, 0.25) is 0 Å². The van der Waals surface area contributed by atoms with Crippen LogP contribution < -0.4 is 0 Å². The first-order chi connectivity index (χ1) is 9.93. The van der Waals surface area contributed by atoms with E-state index >= 15 is 0 Å². The van der Waals surface area contributed by atoms with Gasteiger partial charge in [-0.25, -0.2) is 0 Å². The molecular formula is C18H19NO. The second-order valence-electron chi connectivity index (χ2n) is 5.03. The van der Waals surface area contributed by atoms with Gasteiger partial charge in [0.1, 0.15) is 0 Å². The maximum Gasteiger partial charge on any atom is 0.216 e. The summed E-state index contributed by atoms with van der Waals surface area (Å²) in [4.78, 5) is 4.63. The summed E-state index contributed by atoms with van der Waals surface area (Å²) in [5.41, 5.74) is 3.89. The maximum absolute atomic E-state index is 5.71. The lowest BCUT2D eigenvalue weighted by atomic mass is 10.0. The molecule has 0 spiro atoms. The number of benzene rings is 2. The van der Waals surface area contributed by atoms with Crippen LogP contribution >= 0.6 is 0 Å². The highest BCUT2D eigenvalue weighted by Gasteiger charge is 2.15. The molecule has 1 heterocycles. The molecule has 0 unspecified atom stereocenters. The molecule has 2 nitrogen and oxygen atoms in total. The van der Waals surface area contributed by atoms with E-state index in [4.69, 9.17) is 4.74 Å². The van der Waals surface area contributed by atoms with E-state index in [0.29, 0.717) is 0 Å². The first kappa shape index (κ1) is 12.9. The van der Waals surface area contributed by atoms with Gasteiger partial charge in [-0.1, -0.05) is 48.5 Å².